The summed E-state index contributed by atoms with van der Waals surface area (Å²) < 4.78 is 19.4. The Morgan fingerprint density at radius 2 is 1.85 bits per heavy atom. The molecular formula is C27H30FN3O2. The lowest BCUT2D eigenvalue weighted by Gasteiger charge is -2.37. The van der Waals surface area contributed by atoms with Gasteiger partial charge in [-0.05, 0) is 48.2 Å². The zero-order valence-corrected chi connectivity index (χ0v) is 18.7. The van der Waals surface area contributed by atoms with Crippen molar-refractivity contribution >= 4 is 5.91 Å². The second-order valence-corrected chi connectivity index (χ2v) is 8.64. The Hall–Kier alpha value is -3.25. The maximum Gasteiger partial charge on any atom is 0.224 e. The Labute approximate surface area is 194 Å². The number of carbonyl (C=O) groups is 1. The highest BCUT2D eigenvalue weighted by atomic mass is 19.1. The second kappa shape index (κ2) is 11.6. The van der Waals surface area contributed by atoms with Crippen LogP contribution in [0.25, 0.3) is 0 Å². The maximum atomic E-state index is 13.5. The summed E-state index contributed by atoms with van der Waals surface area (Å²) in [5, 5.41) is 3.12. The van der Waals surface area contributed by atoms with E-state index in [0.29, 0.717) is 25.4 Å². The molecule has 1 aromatic heterocycles. The number of nitrogens with one attached hydrogen (secondary N) is 1. The van der Waals surface area contributed by atoms with E-state index in [1.165, 1.54) is 23.3 Å². The van der Waals surface area contributed by atoms with Crippen LogP contribution in [-0.4, -0.2) is 42.0 Å². The highest BCUT2D eigenvalue weighted by Crippen LogP contribution is 2.25. The number of likely N-dealkylation sites (tertiary alicyclic amines) is 1. The minimum absolute atomic E-state index is 0.0844. The van der Waals surface area contributed by atoms with Crippen LogP contribution in [0.5, 0.6) is 5.75 Å². The SMILES string of the molecule is O=C(NCCc1ccccc1)[C@@H]1C[C@H](COc2cccc(F)c2)CN(Cc2ccncc2)C1. The van der Waals surface area contributed by atoms with Gasteiger partial charge < -0.3 is 10.1 Å². The van der Waals surface area contributed by atoms with E-state index >= 15 is 0 Å². The van der Waals surface area contributed by atoms with Crippen LogP contribution < -0.4 is 10.1 Å². The van der Waals surface area contributed by atoms with Crippen LogP contribution in [0.4, 0.5) is 4.39 Å². The molecule has 1 saturated heterocycles. The third-order valence-electron chi connectivity index (χ3n) is 5.98. The zero-order valence-electron chi connectivity index (χ0n) is 18.7. The number of hydrogen-bond donors (Lipinski definition) is 1. The highest BCUT2D eigenvalue weighted by Gasteiger charge is 2.32. The predicted molar refractivity (Wildman–Crippen MR) is 126 cm³/mol. The first-order chi connectivity index (χ1) is 16.2. The molecule has 33 heavy (non-hydrogen) atoms. The Morgan fingerprint density at radius 3 is 2.64 bits per heavy atom. The van der Waals surface area contributed by atoms with Gasteiger partial charge in [0.1, 0.15) is 11.6 Å². The van der Waals surface area contributed by atoms with Gasteiger partial charge in [0.15, 0.2) is 0 Å². The topological polar surface area (TPSA) is 54.5 Å². The molecule has 1 N–H and O–H groups in total. The molecule has 1 amide bonds. The van der Waals surface area contributed by atoms with E-state index in [1.807, 2.05) is 30.3 Å². The average molecular weight is 448 g/mol. The molecule has 1 fully saturated rings. The van der Waals surface area contributed by atoms with Gasteiger partial charge in [0.25, 0.3) is 0 Å². The summed E-state index contributed by atoms with van der Waals surface area (Å²) >= 11 is 0. The lowest BCUT2D eigenvalue weighted by Crippen LogP contribution is -2.47. The van der Waals surface area contributed by atoms with Crippen LogP contribution in [0.2, 0.25) is 0 Å². The van der Waals surface area contributed by atoms with Gasteiger partial charge in [-0.25, -0.2) is 4.39 Å². The molecule has 6 heteroatoms. The van der Waals surface area contributed by atoms with Crippen molar-refractivity contribution in [1.29, 1.82) is 0 Å². The summed E-state index contributed by atoms with van der Waals surface area (Å²) in [6.07, 6.45) is 5.14. The number of hydrogen-bond acceptors (Lipinski definition) is 4. The molecule has 2 aromatic carbocycles. The Morgan fingerprint density at radius 1 is 1.03 bits per heavy atom. The summed E-state index contributed by atoms with van der Waals surface area (Å²) in [6.45, 7) is 3.35. The molecule has 0 aliphatic carbocycles. The van der Waals surface area contributed by atoms with Gasteiger partial charge >= 0.3 is 0 Å². The van der Waals surface area contributed by atoms with E-state index in [0.717, 1.165) is 25.9 Å². The highest BCUT2D eigenvalue weighted by molar-refractivity contribution is 5.79. The Balaban J connectivity index is 1.36. The number of amides is 1. The smallest absolute Gasteiger partial charge is 0.224 e. The number of carbonyl (C=O) groups excluding carboxylic acids is 1. The summed E-state index contributed by atoms with van der Waals surface area (Å²) in [6, 6.07) is 20.4. The van der Waals surface area contributed by atoms with Crippen molar-refractivity contribution in [2.75, 3.05) is 26.2 Å². The third-order valence-corrected chi connectivity index (χ3v) is 5.98. The fourth-order valence-corrected chi connectivity index (χ4v) is 4.38. The number of nitrogens with zero attached hydrogens (tertiary/aromatic N) is 2. The van der Waals surface area contributed by atoms with Crippen molar-refractivity contribution in [3.8, 4) is 5.75 Å². The average Bonchev–Trinajstić information content (AvgIpc) is 2.84. The fourth-order valence-electron chi connectivity index (χ4n) is 4.38. The lowest BCUT2D eigenvalue weighted by molar-refractivity contribution is -0.127. The molecule has 4 rings (SSSR count). The van der Waals surface area contributed by atoms with Crippen LogP contribution in [0.15, 0.2) is 79.1 Å². The molecule has 2 heterocycles. The molecule has 0 saturated carbocycles. The van der Waals surface area contributed by atoms with Gasteiger partial charge in [0.2, 0.25) is 5.91 Å². The number of ether oxygens (including phenoxy) is 1. The summed E-state index contributed by atoms with van der Waals surface area (Å²) in [4.78, 5) is 19.4. The zero-order chi connectivity index (χ0) is 22.9. The summed E-state index contributed by atoms with van der Waals surface area (Å²) in [5.41, 5.74) is 2.38. The van der Waals surface area contributed by atoms with Crippen LogP contribution in [0, 0.1) is 17.7 Å². The predicted octanol–water partition coefficient (Wildman–Crippen LogP) is 4.10. The minimum Gasteiger partial charge on any atom is -0.493 e. The first-order valence-corrected chi connectivity index (χ1v) is 11.5. The van der Waals surface area contributed by atoms with E-state index in [-0.39, 0.29) is 23.6 Å². The van der Waals surface area contributed by atoms with E-state index < -0.39 is 0 Å². The fraction of sp³-hybridized carbons (Fsp3) is 0.333. The molecule has 0 spiro atoms. The van der Waals surface area contributed by atoms with E-state index in [2.05, 4.69) is 27.3 Å². The first-order valence-electron chi connectivity index (χ1n) is 11.5. The maximum absolute atomic E-state index is 13.5. The molecule has 0 unspecified atom stereocenters. The molecule has 0 bridgehead atoms. The van der Waals surface area contributed by atoms with E-state index in [4.69, 9.17) is 4.74 Å². The molecule has 0 radical (unpaired) electrons. The normalized spacial score (nSPS) is 18.6. The van der Waals surface area contributed by atoms with Gasteiger partial charge in [-0.3, -0.25) is 14.7 Å². The van der Waals surface area contributed by atoms with E-state index in [1.54, 1.807) is 24.5 Å². The number of halogens is 1. The van der Waals surface area contributed by atoms with Gasteiger partial charge in [0.05, 0.1) is 12.5 Å². The largest absolute Gasteiger partial charge is 0.493 e. The van der Waals surface area contributed by atoms with Crippen LogP contribution in [0.1, 0.15) is 17.5 Å². The molecule has 1 aliphatic heterocycles. The van der Waals surface area contributed by atoms with Crippen LogP contribution in [-0.2, 0) is 17.8 Å². The van der Waals surface area contributed by atoms with Gasteiger partial charge in [-0.15, -0.1) is 0 Å². The van der Waals surface area contributed by atoms with Gasteiger partial charge in [-0.2, -0.15) is 0 Å². The minimum atomic E-state index is -0.314. The number of piperidine rings is 1. The van der Waals surface area contributed by atoms with Crippen LogP contribution >= 0.6 is 0 Å². The van der Waals surface area contributed by atoms with Crippen molar-refractivity contribution in [3.05, 3.63) is 96.1 Å². The molecule has 172 valence electrons. The number of pyridine rings is 1. The summed E-state index contributed by atoms with van der Waals surface area (Å²) in [7, 11) is 0. The Kier molecular flexibility index (Phi) is 8.04. The van der Waals surface area contributed by atoms with Crippen molar-refractivity contribution in [2.45, 2.75) is 19.4 Å². The molecule has 2 atom stereocenters. The lowest BCUT2D eigenvalue weighted by atomic mass is 9.88. The standard InChI is InChI=1S/C27H30FN3O2/c28-25-7-4-8-26(16-25)33-20-23-15-24(19-31(18-23)17-22-9-12-29-13-10-22)27(32)30-14-11-21-5-2-1-3-6-21/h1-10,12-13,16,23-24H,11,14-15,17-20H2,(H,30,32)/t23-,24+/m0/s1. The van der Waals surface area contributed by atoms with Crippen molar-refractivity contribution in [1.82, 2.24) is 15.2 Å². The number of rotatable bonds is 9. The molecule has 5 nitrogen and oxygen atoms in total. The number of aromatic nitrogens is 1. The molecule has 3 aromatic rings. The Bertz CT molecular complexity index is 1020. The monoisotopic (exact) mass is 447 g/mol. The first kappa shape index (κ1) is 22.9. The van der Waals surface area contributed by atoms with Gasteiger partial charge in [0, 0.05) is 50.6 Å². The third kappa shape index (κ3) is 7.12. The second-order valence-electron chi connectivity index (χ2n) is 8.64. The van der Waals surface area contributed by atoms with Crippen molar-refractivity contribution < 1.29 is 13.9 Å². The number of benzene rings is 2. The van der Waals surface area contributed by atoms with Gasteiger partial charge in [-0.1, -0.05) is 36.4 Å². The summed E-state index contributed by atoms with van der Waals surface area (Å²) in [5.74, 6) is 0.351. The van der Waals surface area contributed by atoms with Crippen molar-refractivity contribution in [3.63, 3.8) is 0 Å². The van der Waals surface area contributed by atoms with Crippen molar-refractivity contribution in [2.24, 2.45) is 11.8 Å². The molecular weight excluding hydrogens is 417 g/mol. The molecule has 1 aliphatic rings. The van der Waals surface area contributed by atoms with E-state index in [9.17, 15) is 9.18 Å². The quantitative estimate of drug-likeness (QED) is 0.537. The van der Waals surface area contributed by atoms with Crippen LogP contribution in [0.3, 0.4) is 0 Å².